The highest BCUT2D eigenvalue weighted by atomic mass is 32.2. The number of sulfonamides is 1. The largest absolute Gasteiger partial charge is 0.326 e. The van der Waals surface area contributed by atoms with Gasteiger partial charge in [0.05, 0.1) is 5.69 Å². The topological polar surface area (TPSA) is 63.4 Å². The van der Waals surface area contributed by atoms with Crippen LogP contribution < -0.4 is 10.0 Å². The molecule has 1 unspecified atom stereocenters. The van der Waals surface area contributed by atoms with Crippen molar-refractivity contribution in [1.29, 1.82) is 0 Å². The maximum Gasteiger partial charge on any atom is 0.274 e. The summed E-state index contributed by atoms with van der Waals surface area (Å²) in [5.41, 5.74) is 8.60. The van der Waals surface area contributed by atoms with Crippen LogP contribution in [0, 0.1) is 13.8 Å². The van der Waals surface area contributed by atoms with E-state index in [0.717, 1.165) is 21.7 Å². The van der Waals surface area contributed by atoms with Crippen LogP contribution in [0.5, 0.6) is 0 Å². The van der Waals surface area contributed by atoms with Gasteiger partial charge >= 0.3 is 0 Å². The van der Waals surface area contributed by atoms with Crippen LogP contribution in [-0.4, -0.2) is 21.0 Å². The summed E-state index contributed by atoms with van der Waals surface area (Å²) >= 11 is 1.32. The summed E-state index contributed by atoms with van der Waals surface area (Å²) in [6.07, 6.45) is 0.713. The highest BCUT2D eigenvalue weighted by molar-refractivity contribution is 7.94. The fourth-order valence-electron chi connectivity index (χ4n) is 2.79. The van der Waals surface area contributed by atoms with Gasteiger partial charge in [-0.2, -0.15) is 0 Å². The van der Waals surface area contributed by atoms with Gasteiger partial charge < -0.3 is 5.73 Å². The first-order chi connectivity index (χ1) is 9.89. The monoisotopic (exact) mass is 322 g/mol. The lowest BCUT2D eigenvalue weighted by Gasteiger charge is -2.33. The molecule has 1 aliphatic heterocycles. The van der Waals surface area contributed by atoms with E-state index in [1.165, 1.54) is 15.6 Å². The Morgan fingerprint density at radius 1 is 1.29 bits per heavy atom. The molecule has 1 atom stereocenters. The molecule has 112 valence electrons. The van der Waals surface area contributed by atoms with E-state index in [9.17, 15) is 8.42 Å². The molecule has 0 bridgehead atoms. The molecule has 0 radical (unpaired) electrons. The van der Waals surface area contributed by atoms with Crippen LogP contribution >= 0.6 is 11.3 Å². The number of nitrogens with zero attached hydrogens (tertiary/aromatic N) is 1. The number of benzene rings is 1. The fraction of sp³-hybridized carbons (Fsp3) is 0.333. The first kappa shape index (κ1) is 14.6. The van der Waals surface area contributed by atoms with Crippen LogP contribution in [0.3, 0.4) is 0 Å². The van der Waals surface area contributed by atoms with E-state index in [0.29, 0.717) is 17.2 Å². The Bertz CT molecular complexity index is 781. The molecule has 0 aliphatic carbocycles. The summed E-state index contributed by atoms with van der Waals surface area (Å²) in [5.74, 6) is 0. The Balaban J connectivity index is 2.14. The summed E-state index contributed by atoms with van der Waals surface area (Å²) in [7, 11) is -3.55. The van der Waals surface area contributed by atoms with Gasteiger partial charge in [-0.1, -0.05) is 18.2 Å². The van der Waals surface area contributed by atoms with Crippen molar-refractivity contribution in [1.82, 2.24) is 0 Å². The number of fused-ring (bicyclic) bond motifs is 1. The van der Waals surface area contributed by atoms with E-state index in [-0.39, 0.29) is 6.04 Å². The van der Waals surface area contributed by atoms with Crippen molar-refractivity contribution in [2.75, 3.05) is 10.8 Å². The normalized spacial score (nSPS) is 18.6. The second kappa shape index (κ2) is 5.12. The van der Waals surface area contributed by atoms with E-state index in [2.05, 4.69) is 0 Å². The Morgan fingerprint density at radius 2 is 2.00 bits per heavy atom. The summed E-state index contributed by atoms with van der Waals surface area (Å²) < 4.78 is 27.9. The first-order valence-electron chi connectivity index (χ1n) is 6.83. The average Bonchev–Trinajstić information content (AvgIpc) is 2.77. The van der Waals surface area contributed by atoms with Crippen molar-refractivity contribution in [2.24, 2.45) is 5.73 Å². The van der Waals surface area contributed by atoms with Gasteiger partial charge in [-0.25, -0.2) is 8.42 Å². The zero-order valence-corrected chi connectivity index (χ0v) is 13.7. The van der Waals surface area contributed by atoms with E-state index in [1.54, 1.807) is 0 Å². The van der Waals surface area contributed by atoms with Crippen molar-refractivity contribution in [3.8, 4) is 0 Å². The molecule has 21 heavy (non-hydrogen) atoms. The summed E-state index contributed by atoms with van der Waals surface area (Å²) in [6, 6.07) is 9.33. The maximum atomic E-state index is 13.0. The van der Waals surface area contributed by atoms with Crippen LogP contribution in [0.15, 0.2) is 34.5 Å². The number of thiophene rings is 1. The van der Waals surface area contributed by atoms with Crippen LogP contribution in [0.1, 0.15) is 16.0 Å². The molecule has 0 amide bonds. The molecule has 0 saturated carbocycles. The number of anilines is 1. The zero-order valence-electron chi connectivity index (χ0n) is 12.0. The van der Waals surface area contributed by atoms with Crippen molar-refractivity contribution in [3.63, 3.8) is 0 Å². The molecule has 6 heteroatoms. The van der Waals surface area contributed by atoms with Crippen LogP contribution in [0.25, 0.3) is 0 Å². The number of rotatable bonds is 2. The molecular formula is C15H18N2O2S2. The third kappa shape index (κ3) is 2.47. The van der Waals surface area contributed by atoms with Crippen molar-refractivity contribution < 1.29 is 8.42 Å². The standard InChI is InChI=1S/C15H18N2O2S2/c1-10-7-11(2)20-15(10)21(18,19)17-9-13(16)8-12-5-3-4-6-14(12)17/h3-7,13H,8-9,16H2,1-2H3. The number of nitrogens with two attached hydrogens (primary N) is 1. The van der Waals surface area contributed by atoms with Gasteiger partial charge in [0, 0.05) is 17.5 Å². The zero-order chi connectivity index (χ0) is 15.2. The van der Waals surface area contributed by atoms with E-state index >= 15 is 0 Å². The van der Waals surface area contributed by atoms with Gasteiger partial charge in [0.2, 0.25) is 0 Å². The second-order valence-electron chi connectivity index (χ2n) is 5.46. The highest BCUT2D eigenvalue weighted by Crippen LogP contribution is 2.35. The van der Waals surface area contributed by atoms with Crippen molar-refractivity contribution in [3.05, 3.63) is 46.3 Å². The molecule has 0 saturated heterocycles. The summed E-state index contributed by atoms with van der Waals surface area (Å²) in [6.45, 7) is 4.09. The van der Waals surface area contributed by atoms with Gasteiger partial charge in [0.1, 0.15) is 4.21 Å². The lowest BCUT2D eigenvalue weighted by molar-refractivity contribution is 0.577. The van der Waals surface area contributed by atoms with Crippen LogP contribution in [-0.2, 0) is 16.4 Å². The average molecular weight is 322 g/mol. The molecule has 4 nitrogen and oxygen atoms in total. The third-order valence-electron chi connectivity index (χ3n) is 3.66. The van der Waals surface area contributed by atoms with Gasteiger partial charge in [0.15, 0.2) is 0 Å². The maximum absolute atomic E-state index is 13.0. The molecule has 1 aromatic carbocycles. The highest BCUT2D eigenvalue weighted by Gasteiger charge is 2.33. The number of para-hydroxylation sites is 1. The minimum atomic E-state index is -3.55. The molecule has 3 rings (SSSR count). The first-order valence-corrected chi connectivity index (χ1v) is 9.08. The minimum absolute atomic E-state index is 0.170. The van der Waals surface area contributed by atoms with Crippen molar-refractivity contribution in [2.45, 2.75) is 30.5 Å². The van der Waals surface area contributed by atoms with Gasteiger partial charge in [-0.3, -0.25) is 4.31 Å². The lowest BCUT2D eigenvalue weighted by Crippen LogP contribution is -2.46. The fourth-order valence-corrected chi connectivity index (χ4v) is 6.11. The molecule has 1 aromatic heterocycles. The Morgan fingerprint density at radius 3 is 2.67 bits per heavy atom. The molecular weight excluding hydrogens is 304 g/mol. The second-order valence-corrected chi connectivity index (χ2v) is 8.77. The Hall–Kier alpha value is -1.37. The predicted molar refractivity (Wildman–Crippen MR) is 86.4 cm³/mol. The van der Waals surface area contributed by atoms with E-state index < -0.39 is 10.0 Å². The quantitative estimate of drug-likeness (QED) is 0.923. The number of hydrogen-bond donors (Lipinski definition) is 1. The third-order valence-corrected chi connectivity index (χ3v) is 7.21. The molecule has 2 aromatic rings. The SMILES string of the molecule is Cc1cc(C)c(S(=O)(=O)N2CC(N)Cc3ccccc32)s1. The molecule has 0 fully saturated rings. The summed E-state index contributed by atoms with van der Waals surface area (Å²) in [4.78, 5) is 1.00. The molecule has 1 aliphatic rings. The Labute approximate surface area is 129 Å². The van der Waals surface area contributed by atoms with Crippen LogP contribution in [0.4, 0.5) is 5.69 Å². The minimum Gasteiger partial charge on any atom is -0.326 e. The van der Waals surface area contributed by atoms with Crippen molar-refractivity contribution >= 4 is 27.0 Å². The molecule has 2 N–H and O–H groups in total. The Kier molecular flexibility index (Phi) is 3.55. The predicted octanol–water partition coefficient (Wildman–Crippen LogP) is 2.44. The number of hydrogen-bond acceptors (Lipinski definition) is 4. The molecule has 2 heterocycles. The van der Waals surface area contributed by atoms with Gasteiger partial charge in [-0.15, -0.1) is 11.3 Å². The van der Waals surface area contributed by atoms with E-state index in [1.807, 2.05) is 44.2 Å². The van der Waals surface area contributed by atoms with Gasteiger partial charge in [0.25, 0.3) is 10.0 Å². The smallest absolute Gasteiger partial charge is 0.274 e. The van der Waals surface area contributed by atoms with Gasteiger partial charge in [-0.05, 0) is 43.5 Å². The van der Waals surface area contributed by atoms with E-state index in [4.69, 9.17) is 5.73 Å². The number of aryl methyl sites for hydroxylation is 2. The summed E-state index contributed by atoms with van der Waals surface area (Å²) in [5, 5.41) is 0. The molecule has 0 spiro atoms. The van der Waals surface area contributed by atoms with Crippen LogP contribution in [0.2, 0.25) is 0 Å². The lowest BCUT2D eigenvalue weighted by atomic mass is 10.0.